The highest BCUT2D eigenvalue weighted by atomic mass is 31.2. The highest BCUT2D eigenvalue weighted by Gasteiger charge is 2.23. The summed E-state index contributed by atoms with van der Waals surface area (Å²) in [6, 6.07) is -0.881. The van der Waals surface area contributed by atoms with Crippen molar-refractivity contribution >= 4 is 13.7 Å². The number of rotatable bonds is 52. The van der Waals surface area contributed by atoms with Gasteiger partial charge in [0.15, 0.2) is 0 Å². The summed E-state index contributed by atoms with van der Waals surface area (Å²) in [5.74, 6) is -0.193. The van der Waals surface area contributed by atoms with Crippen molar-refractivity contribution in [1.29, 1.82) is 0 Å². The summed E-state index contributed by atoms with van der Waals surface area (Å²) in [5, 5.41) is 13.9. The van der Waals surface area contributed by atoms with Gasteiger partial charge >= 0.3 is 0 Å². The summed E-state index contributed by atoms with van der Waals surface area (Å²) >= 11 is 0. The molecule has 3 atom stereocenters. The first kappa shape index (κ1) is 63.2. The molecule has 0 aromatic rings. The number of phosphoric ester groups is 1. The standard InChI is InChI=1S/C55H111N2O6P/c1-6-8-10-12-14-16-18-20-22-23-24-25-26-27-28-29-30-31-32-33-34-35-36-38-40-42-44-46-48-54(58)53(52-63-64(60,61)62-51-50-57(3,4)5)56-55(59)49-47-45-43-41-39-37-21-19-17-15-13-11-9-7-2/h46,48,53-54,58H,6-45,47,49-52H2,1-5H3,(H-,56,59,60,61)/b48-46+. The summed E-state index contributed by atoms with van der Waals surface area (Å²) in [4.78, 5) is 25.4. The maximum atomic E-state index is 12.9. The van der Waals surface area contributed by atoms with E-state index in [0.29, 0.717) is 17.4 Å². The Hall–Kier alpha value is -0.760. The Morgan fingerprint density at radius 1 is 0.531 bits per heavy atom. The molecular formula is C55H111N2O6P. The maximum absolute atomic E-state index is 12.9. The van der Waals surface area contributed by atoms with Gasteiger partial charge in [0, 0.05) is 6.42 Å². The van der Waals surface area contributed by atoms with Crippen LogP contribution in [-0.2, 0) is 18.4 Å². The molecule has 0 bridgehead atoms. The number of allylic oxidation sites excluding steroid dienone is 1. The van der Waals surface area contributed by atoms with Gasteiger partial charge < -0.3 is 28.8 Å². The van der Waals surface area contributed by atoms with E-state index in [4.69, 9.17) is 9.05 Å². The Bertz CT molecular complexity index is 1050. The first-order chi connectivity index (χ1) is 31.0. The van der Waals surface area contributed by atoms with E-state index in [1.54, 1.807) is 6.08 Å². The lowest BCUT2D eigenvalue weighted by molar-refractivity contribution is -0.870. The quantitative estimate of drug-likeness (QED) is 0.0272. The minimum Gasteiger partial charge on any atom is -0.756 e. The predicted octanol–water partition coefficient (Wildman–Crippen LogP) is 16.0. The number of carbonyl (C=O) groups is 1. The number of hydrogen-bond donors (Lipinski definition) is 2. The van der Waals surface area contributed by atoms with Gasteiger partial charge in [0.25, 0.3) is 7.82 Å². The summed E-state index contributed by atoms with van der Waals surface area (Å²) in [6.45, 7) is 4.69. The van der Waals surface area contributed by atoms with E-state index in [2.05, 4.69) is 19.2 Å². The fourth-order valence-corrected chi connectivity index (χ4v) is 9.29. The van der Waals surface area contributed by atoms with Crippen LogP contribution in [0.2, 0.25) is 0 Å². The number of amides is 1. The fourth-order valence-electron chi connectivity index (χ4n) is 8.57. The molecule has 3 unspecified atom stereocenters. The molecule has 0 aliphatic rings. The Morgan fingerprint density at radius 3 is 1.17 bits per heavy atom. The summed E-state index contributed by atoms with van der Waals surface area (Å²) in [7, 11) is 1.28. The largest absolute Gasteiger partial charge is 0.756 e. The van der Waals surface area contributed by atoms with Crippen LogP contribution in [0.3, 0.4) is 0 Å². The van der Waals surface area contributed by atoms with Gasteiger partial charge in [0.2, 0.25) is 5.91 Å². The smallest absolute Gasteiger partial charge is 0.268 e. The third-order valence-corrected chi connectivity index (χ3v) is 14.0. The number of nitrogens with one attached hydrogen (secondary N) is 1. The van der Waals surface area contributed by atoms with E-state index < -0.39 is 20.0 Å². The zero-order valence-electron chi connectivity index (χ0n) is 43.5. The minimum absolute atomic E-state index is 0.00250. The second-order valence-electron chi connectivity index (χ2n) is 20.7. The number of carbonyl (C=O) groups excluding carboxylic acids is 1. The van der Waals surface area contributed by atoms with Crippen LogP contribution < -0.4 is 10.2 Å². The maximum Gasteiger partial charge on any atom is 0.268 e. The third kappa shape index (κ3) is 49.2. The second kappa shape index (κ2) is 47.3. The molecule has 0 saturated carbocycles. The molecule has 2 N–H and O–H groups in total. The number of aliphatic hydroxyl groups is 1. The highest BCUT2D eigenvalue weighted by molar-refractivity contribution is 7.45. The van der Waals surface area contributed by atoms with Crippen LogP contribution in [0.5, 0.6) is 0 Å². The lowest BCUT2D eigenvalue weighted by Crippen LogP contribution is -2.45. The SMILES string of the molecule is CCCCCCCCCCCCCCCCCCCCCCCCCCCC/C=C/C(O)C(COP(=O)([O-])OCC[N+](C)(C)C)NC(=O)CCCCCCCCCCCCCCCC. The second-order valence-corrected chi connectivity index (χ2v) is 22.1. The molecule has 0 aliphatic heterocycles. The molecule has 0 heterocycles. The van der Waals surface area contributed by atoms with Gasteiger partial charge in [0.1, 0.15) is 13.2 Å². The molecule has 0 saturated heterocycles. The van der Waals surface area contributed by atoms with Crippen molar-refractivity contribution in [3.8, 4) is 0 Å². The van der Waals surface area contributed by atoms with E-state index in [0.717, 1.165) is 38.5 Å². The fraction of sp³-hybridized carbons (Fsp3) is 0.945. The van der Waals surface area contributed by atoms with Gasteiger partial charge in [0.05, 0.1) is 39.9 Å². The molecule has 64 heavy (non-hydrogen) atoms. The Kier molecular flexibility index (Phi) is 46.8. The van der Waals surface area contributed by atoms with Gasteiger partial charge in [-0.1, -0.05) is 270 Å². The number of likely N-dealkylation sites (N-methyl/N-ethyl adjacent to an activating group) is 1. The third-order valence-electron chi connectivity index (χ3n) is 13.0. The van der Waals surface area contributed by atoms with Crippen LogP contribution >= 0.6 is 7.82 Å². The van der Waals surface area contributed by atoms with E-state index in [1.807, 2.05) is 27.2 Å². The first-order valence-electron chi connectivity index (χ1n) is 28.1. The molecule has 0 aromatic carbocycles. The van der Waals surface area contributed by atoms with Gasteiger partial charge in [-0.2, -0.15) is 0 Å². The molecule has 0 aromatic heterocycles. The van der Waals surface area contributed by atoms with Crippen molar-refractivity contribution < 1.29 is 32.9 Å². The summed E-state index contributed by atoms with van der Waals surface area (Å²) in [5.41, 5.74) is 0. The molecular weight excluding hydrogens is 816 g/mol. The summed E-state index contributed by atoms with van der Waals surface area (Å²) < 4.78 is 23.3. The van der Waals surface area contributed by atoms with E-state index >= 15 is 0 Å². The molecule has 8 nitrogen and oxygen atoms in total. The molecule has 0 radical (unpaired) electrons. The average Bonchev–Trinajstić information content (AvgIpc) is 3.25. The molecule has 1 amide bonds. The zero-order chi connectivity index (χ0) is 47.1. The van der Waals surface area contributed by atoms with Crippen LogP contribution in [0.15, 0.2) is 12.2 Å². The number of hydrogen-bond acceptors (Lipinski definition) is 6. The highest BCUT2D eigenvalue weighted by Crippen LogP contribution is 2.38. The van der Waals surface area contributed by atoms with Gasteiger partial charge in [-0.05, 0) is 19.3 Å². The van der Waals surface area contributed by atoms with Crippen LogP contribution in [0.4, 0.5) is 0 Å². The molecule has 9 heteroatoms. The van der Waals surface area contributed by atoms with Crippen molar-refractivity contribution in [3.05, 3.63) is 12.2 Å². The lowest BCUT2D eigenvalue weighted by Gasteiger charge is -2.29. The average molecular weight is 927 g/mol. The molecule has 0 aliphatic carbocycles. The Morgan fingerprint density at radius 2 is 0.844 bits per heavy atom. The Labute approximate surface area is 399 Å². The Balaban J connectivity index is 4.12. The van der Waals surface area contributed by atoms with Crippen molar-refractivity contribution in [2.75, 3.05) is 40.9 Å². The van der Waals surface area contributed by atoms with Gasteiger partial charge in [-0.3, -0.25) is 9.36 Å². The number of quaternary nitrogens is 1. The van der Waals surface area contributed by atoms with E-state index in [9.17, 15) is 19.4 Å². The molecule has 0 spiro atoms. The zero-order valence-corrected chi connectivity index (χ0v) is 44.4. The lowest BCUT2D eigenvalue weighted by atomic mass is 10.0. The number of aliphatic hydroxyl groups excluding tert-OH is 1. The normalized spacial score (nSPS) is 14.0. The predicted molar refractivity (Wildman–Crippen MR) is 275 cm³/mol. The van der Waals surface area contributed by atoms with Crippen LogP contribution in [0.1, 0.15) is 284 Å². The first-order valence-corrected chi connectivity index (χ1v) is 29.5. The number of nitrogens with zero attached hydrogens (tertiary/aromatic N) is 1. The van der Waals surface area contributed by atoms with Crippen LogP contribution in [-0.4, -0.2) is 68.5 Å². The van der Waals surface area contributed by atoms with Gasteiger partial charge in [-0.25, -0.2) is 0 Å². The molecule has 0 fully saturated rings. The van der Waals surface area contributed by atoms with E-state index in [-0.39, 0.29) is 19.1 Å². The van der Waals surface area contributed by atoms with Crippen molar-refractivity contribution in [1.82, 2.24) is 5.32 Å². The monoisotopic (exact) mass is 927 g/mol. The molecule has 0 rings (SSSR count). The van der Waals surface area contributed by atoms with Gasteiger partial charge in [-0.15, -0.1) is 0 Å². The van der Waals surface area contributed by atoms with Crippen molar-refractivity contribution in [2.45, 2.75) is 296 Å². The van der Waals surface area contributed by atoms with Crippen LogP contribution in [0, 0.1) is 0 Å². The van der Waals surface area contributed by atoms with E-state index in [1.165, 1.54) is 225 Å². The van der Waals surface area contributed by atoms with Crippen LogP contribution in [0.25, 0.3) is 0 Å². The summed E-state index contributed by atoms with van der Waals surface area (Å²) in [6.07, 6.45) is 57.2. The number of unbranched alkanes of at least 4 members (excludes halogenated alkanes) is 39. The molecule has 382 valence electrons. The number of phosphoric acid groups is 1. The minimum atomic E-state index is -4.59. The van der Waals surface area contributed by atoms with Crippen molar-refractivity contribution in [3.63, 3.8) is 0 Å². The van der Waals surface area contributed by atoms with Crippen molar-refractivity contribution in [2.24, 2.45) is 0 Å². The topological polar surface area (TPSA) is 108 Å².